The van der Waals surface area contributed by atoms with Crippen LogP contribution in [0.4, 0.5) is 5.69 Å². The molecule has 3 aromatic rings. The lowest BCUT2D eigenvalue weighted by atomic mass is 9.92. The van der Waals surface area contributed by atoms with Gasteiger partial charge < -0.3 is 29.2 Å². The van der Waals surface area contributed by atoms with Crippen LogP contribution in [-0.4, -0.2) is 42.2 Å². The zero-order valence-electron chi connectivity index (χ0n) is 20.2. The van der Waals surface area contributed by atoms with E-state index in [2.05, 4.69) is 36.7 Å². The first kappa shape index (κ1) is 22.7. The number of anilines is 1. The van der Waals surface area contributed by atoms with Crippen LogP contribution >= 0.6 is 0 Å². The third-order valence-electron chi connectivity index (χ3n) is 6.79. The van der Waals surface area contributed by atoms with Crippen LogP contribution in [0.25, 0.3) is 10.9 Å². The lowest BCUT2D eigenvalue weighted by molar-refractivity contribution is -0.118. The van der Waals surface area contributed by atoms with E-state index >= 15 is 0 Å². The van der Waals surface area contributed by atoms with Crippen molar-refractivity contribution in [2.75, 3.05) is 25.8 Å². The Morgan fingerprint density at radius 1 is 1.18 bits per heavy atom. The molecule has 0 unspecified atom stereocenters. The second-order valence-electron chi connectivity index (χ2n) is 10.4. The molecular formula is C27H36N2O5. The van der Waals surface area contributed by atoms with Crippen LogP contribution in [-0.2, 0) is 26.9 Å². The molecule has 7 heteroatoms. The predicted molar refractivity (Wildman–Crippen MR) is 135 cm³/mol. The lowest BCUT2D eigenvalue weighted by Gasteiger charge is -2.23. The van der Waals surface area contributed by atoms with Gasteiger partial charge in [-0.1, -0.05) is 26.8 Å². The van der Waals surface area contributed by atoms with Crippen molar-refractivity contribution in [1.29, 1.82) is 0 Å². The molecule has 0 radical (unpaired) electrons. The van der Waals surface area contributed by atoms with Crippen LogP contribution in [0.1, 0.15) is 47.7 Å². The Morgan fingerprint density at radius 3 is 2.65 bits per heavy atom. The Labute approximate surface area is 202 Å². The molecule has 0 spiro atoms. The van der Waals surface area contributed by atoms with Crippen molar-refractivity contribution >= 4 is 22.5 Å². The number of methoxy groups -OCH3 is 1. The molecule has 1 amide bonds. The number of nitrogens with zero attached hydrogens (tertiary/aromatic N) is 1. The van der Waals surface area contributed by atoms with Crippen molar-refractivity contribution in [3.8, 4) is 11.5 Å². The molecule has 1 aliphatic heterocycles. The Hall–Kier alpha value is -3.03. The van der Waals surface area contributed by atoms with Crippen LogP contribution in [0, 0.1) is 0 Å². The Morgan fingerprint density at radius 2 is 1.94 bits per heavy atom. The maximum absolute atomic E-state index is 13.3. The van der Waals surface area contributed by atoms with Gasteiger partial charge in [0.25, 0.3) is 0 Å². The van der Waals surface area contributed by atoms with Crippen molar-refractivity contribution in [3.05, 3.63) is 53.7 Å². The number of hydrogen-bond donors (Lipinski definition) is 2. The summed E-state index contributed by atoms with van der Waals surface area (Å²) in [6.07, 6.45) is 1.02. The minimum absolute atomic E-state index is 0. The monoisotopic (exact) mass is 468 g/mol. The minimum atomic E-state index is -0.600. The number of carbonyl (C=O) groups excluding carboxylic acids is 1. The summed E-state index contributed by atoms with van der Waals surface area (Å²) < 4.78 is 18.2. The SMILES string of the molecule is COC[C@H](O)Cn1c(C(C)(C)C)cc2cc(NC(=O)C3(c4ccc5c(c4)OCO5)CC3)ccc21.[HH].[HH]. The number of aromatic nitrogens is 1. The number of carbonyl (C=O) groups is 1. The maximum Gasteiger partial charge on any atom is 0.235 e. The number of hydrogen-bond acceptors (Lipinski definition) is 5. The molecule has 34 heavy (non-hydrogen) atoms. The average Bonchev–Trinajstić information content (AvgIpc) is 3.33. The number of rotatable bonds is 7. The third kappa shape index (κ3) is 4.03. The number of fused-ring (bicyclic) bond motifs is 2. The summed E-state index contributed by atoms with van der Waals surface area (Å²) >= 11 is 0. The molecule has 1 aromatic heterocycles. The molecular weight excluding hydrogens is 432 g/mol. The van der Waals surface area contributed by atoms with E-state index in [1.807, 2.05) is 36.4 Å². The van der Waals surface area contributed by atoms with Gasteiger partial charge in [-0.15, -0.1) is 0 Å². The summed E-state index contributed by atoms with van der Waals surface area (Å²) in [6, 6.07) is 13.9. The summed E-state index contributed by atoms with van der Waals surface area (Å²) in [5.41, 5.74) is 3.24. The normalized spacial score (nSPS) is 17.1. The van der Waals surface area contributed by atoms with E-state index in [9.17, 15) is 9.90 Å². The molecule has 2 heterocycles. The highest BCUT2D eigenvalue weighted by Gasteiger charge is 2.51. The van der Waals surface area contributed by atoms with Gasteiger partial charge >= 0.3 is 0 Å². The molecule has 2 N–H and O–H groups in total. The van der Waals surface area contributed by atoms with E-state index in [-0.39, 0.29) is 27.6 Å². The average molecular weight is 469 g/mol. The highest BCUT2D eigenvalue weighted by Crippen LogP contribution is 2.51. The smallest absolute Gasteiger partial charge is 0.235 e. The summed E-state index contributed by atoms with van der Waals surface area (Å²) in [7, 11) is 1.59. The quantitative estimate of drug-likeness (QED) is 0.519. The van der Waals surface area contributed by atoms with Gasteiger partial charge in [-0.3, -0.25) is 4.79 Å². The van der Waals surface area contributed by atoms with Crippen molar-refractivity contribution < 1.29 is 27.0 Å². The topological polar surface area (TPSA) is 82.0 Å². The van der Waals surface area contributed by atoms with E-state index in [0.717, 1.165) is 46.4 Å². The zero-order valence-corrected chi connectivity index (χ0v) is 20.2. The molecule has 2 aliphatic rings. The first-order valence-electron chi connectivity index (χ1n) is 11.7. The van der Waals surface area contributed by atoms with Gasteiger partial charge in [0.15, 0.2) is 11.5 Å². The molecule has 7 nitrogen and oxygen atoms in total. The van der Waals surface area contributed by atoms with E-state index in [0.29, 0.717) is 12.3 Å². The van der Waals surface area contributed by atoms with Crippen molar-refractivity contribution in [3.63, 3.8) is 0 Å². The summed E-state index contributed by atoms with van der Waals surface area (Å²) in [5, 5.41) is 14.6. The highest BCUT2D eigenvalue weighted by molar-refractivity contribution is 6.02. The molecule has 1 atom stereocenters. The predicted octanol–water partition coefficient (Wildman–Crippen LogP) is 4.84. The summed E-state index contributed by atoms with van der Waals surface area (Å²) in [5.74, 6) is 1.42. The molecule has 0 bridgehead atoms. The van der Waals surface area contributed by atoms with Gasteiger partial charge in [-0.25, -0.2) is 0 Å². The first-order chi connectivity index (χ1) is 16.2. The number of aliphatic hydroxyl groups excluding tert-OH is 1. The van der Waals surface area contributed by atoms with Crippen LogP contribution in [0.2, 0.25) is 0 Å². The molecule has 1 saturated carbocycles. The van der Waals surface area contributed by atoms with Crippen molar-refractivity contribution in [2.45, 2.75) is 57.1 Å². The number of nitrogens with one attached hydrogen (secondary N) is 1. The van der Waals surface area contributed by atoms with Gasteiger partial charge in [-0.2, -0.15) is 0 Å². The van der Waals surface area contributed by atoms with E-state index in [1.165, 1.54) is 0 Å². The summed E-state index contributed by atoms with van der Waals surface area (Å²) in [4.78, 5) is 13.3. The number of benzene rings is 2. The van der Waals surface area contributed by atoms with Gasteiger partial charge in [0, 0.05) is 37.7 Å². The Kier molecular flexibility index (Phi) is 5.57. The molecule has 0 saturated heterocycles. The van der Waals surface area contributed by atoms with E-state index in [1.54, 1.807) is 7.11 Å². The van der Waals surface area contributed by atoms with Crippen LogP contribution < -0.4 is 14.8 Å². The molecule has 184 valence electrons. The fraction of sp³-hybridized carbons (Fsp3) is 0.444. The number of ether oxygens (including phenoxy) is 3. The molecule has 5 rings (SSSR count). The van der Waals surface area contributed by atoms with Crippen LogP contribution in [0.15, 0.2) is 42.5 Å². The van der Waals surface area contributed by atoms with E-state index in [4.69, 9.17) is 14.2 Å². The van der Waals surface area contributed by atoms with Crippen molar-refractivity contribution in [1.82, 2.24) is 4.57 Å². The van der Waals surface area contributed by atoms with Crippen LogP contribution in [0.5, 0.6) is 11.5 Å². The number of aliphatic hydroxyl groups is 1. The highest BCUT2D eigenvalue weighted by atomic mass is 16.7. The first-order valence-corrected chi connectivity index (χ1v) is 11.7. The molecule has 1 fully saturated rings. The fourth-order valence-electron chi connectivity index (χ4n) is 4.84. The summed E-state index contributed by atoms with van der Waals surface area (Å²) in [6.45, 7) is 7.42. The van der Waals surface area contributed by atoms with Gasteiger partial charge in [0.05, 0.1) is 24.7 Å². The van der Waals surface area contributed by atoms with E-state index < -0.39 is 11.5 Å². The maximum atomic E-state index is 13.3. The second-order valence-corrected chi connectivity index (χ2v) is 10.4. The van der Waals surface area contributed by atoms with Crippen molar-refractivity contribution in [2.24, 2.45) is 0 Å². The van der Waals surface area contributed by atoms with Gasteiger partial charge in [-0.05, 0) is 54.8 Å². The third-order valence-corrected chi connectivity index (χ3v) is 6.79. The van der Waals surface area contributed by atoms with Gasteiger partial charge in [0.2, 0.25) is 12.7 Å². The number of amides is 1. The minimum Gasteiger partial charge on any atom is -0.454 e. The van der Waals surface area contributed by atoms with Crippen LogP contribution in [0.3, 0.4) is 0 Å². The molecule has 1 aliphatic carbocycles. The standard InChI is InChI=1S/C27H32N2O5.2H2/c1-26(2,3)24-12-17-11-19(6-7-21(17)29(24)14-20(30)15-32-4)28-25(31)27(9-10-27)18-5-8-22-23(13-18)34-16-33-22;;/h5-8,11-13,20,30H,9-10,14-16H2,1-4H3,(H,28,31);2*1H/t20-;;/m1../s1. The lowest BCUT2D eigenvalue weighted by Crippen LogP contribution is -2.27. The molecule has 2 aromatic carbocycles. The van der Waals surface area contributed by atoms with Gasteiger partial charge in [0.1, 0.15) is 0 Å². The fourth-order valence-corrected chi connectivity index (χ4v) is 4.84. The largest absolute Gasteiger partial charge is 0.454 e. The zero-order chi connectivity index (χ0) is 24.1. The second kappa shape index (κ2) is 8.32. The Balaban J connectivity index is 0.00000180. The Bertz CT molecular complexity index is 1250.